The Hall–Kier alpha value is -2.49. The average molecular weight is 266 g/mol. The van der Waals surface area contributed by atoms with Crippen molar-refractivity contribution in [2.75, 3.05) is 24.7 Å². The van der Waals surface area contributed by atoms with Crippen molar-refractivity contribution >= 4 is 22.7 Å². The summed E-state index contributed by atoms with van der Waals surface area (Å²) >= 11 is 0. The molecule has 0 aliphatic heterocycles. The smallest absolute Gasteiger partial charge is 0.205 e. The average Bonchev–Trinajstić information content (AvgIpc) is 2.76. The zero-order valence-electron chi connectivity index (χ0n) is 12.0. The minimum Gasteiger partial charge on any atom is -0.378 e. The van der Waals surface area contributed by atoms with E-state index in [1.165, 1.54) is 5.56 Å². The van der Waals surface area contributed by atoms with Gasteiger partial charge in [0.25, 0.3) is 0 Å². The van der Waals surface area contributed by atoms with Crippen LogP contribution in [-0.4, -0.2) is 23.6 Å². The Morgan fingerprint density at radius 1 is 1.10 bits per heavy atom. The molecule has 0 unspecified atom stereocenters. The van der Waals surface area contributed by atoms with E-state index in [0.29, 0.717) is 5.95 Å². The minimum absolute atomic E-state index is 0.519. The Morgan fingerprint density at radius 2 is 1.85 bits per heavy atom. The summed E-state index contributed by atoms with van der Waals surface area (Å²) in [4.78, 5) is 6.53. The van der Waals surface area contributed by atoms with Crippen LogP contribution in [0.5, 0.6) is 0 Å². The molecule has 0 saturated carbocycles. The van der Waals surface area contributed by atoms with Crippen molar-refractivity contribution < 1.29 is 0 Å². The van der Waals surface area contributed by atoms with Gasteiger partial charge in [0.05, 0.1) is 16.7 Å². The van der Waals surface area contributed by atoms with Gasteiger partial charge < -0.3 is 10.6 Å². The van der Waals surface area contributed by atoms with E-state index in [0.717, 1.165) is 22.4 Å². The molecule has 1 heterocycles. The number of rotatable bonds is 2. The first-order valence-corrected chi connectivity index (χ1v) is 6.59. The van der Waals surface area contributed by atoms with Crippen LogP contribution in [-0.2, 0) is 0 Å². The highest BCUT2D eigenvalue weighted by Gasteiger charge is 2.12. The maximum atomic E-state index is 6.12. The van der Waals surface area contributed by atoms with Crippen molar-refractivity contribution in [2.24, 2.45) is 0 Å². The number of hydrogen-bond acceptors (Lipinski definition) is 3. The molecular weight excluding hydrogens is 248 g/mol. The number of fused-ring (bicyclic) bond motifs is 1. The van der Waals surface area contributed by atoms with E-state index in [2.05, 4.69) is 41.1 Å². The van der Waals surface area contributed by atoms with Gasteiger partial charge >= 0.3 is 0 Å². The predicted molar refractivity (Wildman–Crippen MR) is 84.5 cm³/mol. The molecule has 0 saturated heterocycles. The maximum Gasteiger partial charge on any atom is 0.205 e. The SMILES string of the molecule is Cc1cccc2nc(N)n(-c3cccc(N(C)C)c3)c12. The van der Waals surface area contributed by atoms with E-state index < -0.39 is 0 Å². The van der Waals surface area contributed by atoms with Crippen LogP contribution >= 0.6 is 0 Å². The van der Waals surface area contributed by atoms with Gasteiger partial charge in [-0.15, -0.1) is 0 Å². The first-order chi connectivity index (χ1) is 9.58. The zero-order chi connectivity index (χ0) is 14.3. The monoisotopic (exact) mass is 266 g/mol. The van der Waals surface area contributed by atoms with Gasteiger partial charge in [0.1, 0.15) is 0 Å². The zero-order valence-corrected chi connectivity index (χ0v) is 12.0. The molecule has 0 bridgehead atoms. The Morgan fingerprint density at radius 3 is 2.60 bits per heavy atom. The highest BCUT2D eigenvalue weighted by Crippen LogP contribution is 2.27. The number of para-hydroxylation sites is 1. The molecule has 0 aliphatic rings. The van der Waals surface area contributed by atoms with Gasteiger partial charge in [0.2, 0.25) is 5.95 Å². The van der Waals surface area contributed by atoms with Crippen LogP contribution in [0, 0.1) is 6.92 Å². The molecule has 102 valence electrons. The summed E-state index contributed by atoms with van der Waals surface area (Å²) in [5.41, 5.74) is 11.5. The molecule has 3 rings (SSSR count). The Balaban J connectivity index is 2.29. The molecule has 20 heavy (non-hydrogen) atoms. The third kappa shape index (κ3) is 1.90. The van der Waals surface area contributed by atoms with Crippen LogP contribution in [0.15, 0.2) is 42.5 Å². The first-order valence-electron chi connectivity index (χ1n) is 6.59. The molecule has 0 amide bonds. The maximum absolute atomic E-state index is 6.12. The van der Waals surface area contributed by atoms with Crippen LogP contribution < -0.4 is 10.6 Å². The molecule has 1 aromatic heterocycles. The fourth-order valence-corrected chi connectivity index (χ4v) is 2.48. The minimum atomic E-state index is 0.519. The second-order valence-electron chi connectivity index (χ2n) is 5.16. The lowest BCUT2D eigenvalue weighted by molar-refractivity contribution is 1.08. The van der Waals surface area contributed by atoms with E-state index in [1.54, 1.807) is 0 Å². The van der Waals surface area contributed by atoms with Gasteiger partial charge in [-0.25, -0.2) is 4.98 Å². The van der Waals surface area contributed by atoms with Crippen LogP contribution in [0.25, 0.3) is 16.7 Å². The summed E-state index contributed by atoms with van der Waals surface area (Å²) in [5.74, 6) is 0.519. The molecule has 4 nitrogen and oxygen atoms in total. The standard InChI is InChI=1S/C16H18N4/c1-11-6-4-9-14-15(11)20(16(17)18-14)13-8-5-7-12(10-13)19(2)3/h4-10H,1-3H3,(H2,17,18). The highest BCUT2D eigenvalue weighted by atomic mass is 15.2. The Kier molecular flexibility index (Phi) is 2.86. The fourth-order valence-electron chi connectivity index (χ4n) is 2.48. The topological polar surface area (TPSA) is 47.1 Å². The van der Waals surface area contributed by atoms with E-state index >= 15 is 0 Å². The number of imidazole rings is 1. The quantitative estimate of drug-likeness (QED) is 0.775. The summed E-state index contributed by atoms with van der Waals surface area (Å²) in [6, 6.07) is 14.4. The van der Waals surface area contributed by atoms with Crippen molar-refractivity contribution in [1.82, 2.24) is 9.55 Å². The van der Waals surface area contributed by atoms with Crippen LogP contribution in [0.3, 0.4) is 0 Å². The number of aryl methyl sites for hydroxylation is 1. The molecule has 0 radical (unpaired) electrons. The van der Waals surface area contributed by atoms with Crippen LogP contribution in [0.1, 0.15) is 5.56 Å². The molecule has 3 aromatic rings. The van der Waals surface area contributed by atoms with Crippen molar-refractivity contribution in [3.8, 4) is 5.69 Å². The Labute approximate surface area is 118 Å². The lowest BCUT2D eigenvalue weighted by atomic mass is 10.2. The largest absolute Gasteiger partial charge is 0.378 e. The van der Waals surface area contributed by atoms with Gasteiger partial charge in [0, 0.05) is 19.8 Å². The summed E-state index contributed by atoms with van der Waals surface area (Å²) in [7, 11) is 4.06. The van der Waals surface area contributed by atoms with E-state index in [4.69, 9.17) is 5.73 Å². The molecular formula is C16H18N4. The van der Waals surface area contributed by atoms with E-state index in [9.17, 15) is 0 Å². The van der Waals surface area contributed by atoms with E-state index in [-0.39, 0.29) is 0 Å². The number of nitrogens with zero attached hydrogens (tertiary/aromatic N) is 3. The van der Waals surface area contributed by atoms with Crippen molar-refractivity contribution in [2.45, 2.75) is 6.92 Å². The molecule has 0 fully saturated rings. The lowest BCUT2D eigenvalue weighted by Crippen LogP contribution is -2.09. The molecule has 0 atom stereocenters. The molecule has 2 aromatic carbocycles. The third-order valence-corrected chi connectivity index (χ3v) is 3.51. The Bertz CT molecular complexity index is 771. The predicted octanol–water partition coefficient (Wildman–Crippen LogP) is 2.98. The molecule has 4 heteroatoms. The molecule has 0 spiro atoms. The lowest BCUT2D eigenvalue weighted by Gasteiger charge is -2.15. The van der Waals surface area contributed by atoms with Crippen molar-refractivity contribution in [3.05, 3.63) is 48.0 Å². The second-order valence-corrected chi connectivity index (χ2v) is 5.16. The number of benzene rings is 2. The van der Waals surface area contributed by atoms with Crippen molar-refractivity contribution in [1.29, 1.82) is 0 Å². The van der Waals surface area contributed by atoms with Gasteiger partial charge in [-0.1, -0.05) is 18.2 Å². The van der Waals surface area contributed by atoms with Crippen LogP contribution in [0.2, 0.25) is 0 Å². The number of anilines is 2. The molecule has 0 aliphatic carbocycles. The summed E-state index contributed by atoms with van der Waals surface area (Å²) in [5, 5.41) is 0. The van der Waals surface area contributed by atoms with Gasteiger partial charge in [-0.3, -0.25) is 4.57 Å². The summed E-state index contributed by atoms with van der Waals surface area (Å²) in [6.45, 7) is 2.08. The van der Waals surface area contributed by atoms with Crippen molar-refractivity contribution in [3.63, 3.8) is 0 Å². The number of nitrogens with two attached hydrogens (primary N) is 1. The normalized spacial score (nSPS) is 10.9. The second kappa shape index (κ2) is 4.56. The first kappa shape index (κ1) is 12.5. The van der Waals surface area contributed by atoms with Gasteiger partial charge in [-0.05, 0) is 36.8 Å². The molecule has 2 N–H and O–H groups in total. The van der Waals surface area contributed by atoms with Gasteiger partial charge in [0.15, 0.2) is 0 Å². The summed E-state index contributed by atoms with van der Waals surface area (Å²) < 4.78 is 2.01. The number of nitrogen functional groups attached to an aromatic ring is 1. The highest BCUT2D eigenvalue weighted by molar-refractivity contribution is 5.84. The van der Waals surface area contributed by atoms with Gasteiger partial charge in [-0.2, -0.15) is 0 Å². The third-order valence-electron chi connectivity index (χ3n) is 3.51. The number of hydrogen-bond donors (Lipinski definition) is 1. The fraction of sp³-hybridized carbons (Fsp3) is 0.188. The summed E-state index contributed by atoms with van der Waals surface area (Å²) in [6.07, 6.45) is 0. The van der Waals surface area contributed by atoms with E-state index in [1.807, 2.05) is 36.9 Å². The van der Waals surface area contributed by atoms with Crippen LogP contribution in [0.4, 0.5) is 11.6 Å². The number of aromatic nitrogens is 2.